The molecule has 27 heavy (non-hydrogen) atoms. The SMILES string of the molecule is CCCC(=O)N1CCN2C(=O)C(C(=O)NC(C)(C)C)=CC3=CC=CC1=CC32. The minimum absolute atomic E-state index is 0.0582. The predicted octanol–water partition coefficient (Wildman–Crippen LogP) is 2.06. The van der Waals surface area contributed by atoms with Crippen LogP contribution < -0.4 is 5.32 Å². The van der Waals surface area contributed by atoms with Crippen molar-refractivity contribution in [1.29, 1.82) is 0 Å². The Balaban J connectivity index is 1.95. The van der Waals surface area contributed by atoms with Crippen LogP contribution >= 0.6 is 0 Å². The van der Waals surface area contributed by atoms with Crippen LogP contribution in [-0.4, -0.2) is 52.2 Å². The highest BCUT2D eigenvalue weighted by molar-refractivity contribution is 6.20. The van der Waals surface area contributed by atoms with Crippen molar-refractivity contribution >= 4 is 17.7 Å². The normalized spacial score (nSPS) is 21.7. The Morgan fingerprint density at radius 2 is 2.00 bits per heavy atom. The standard InChI is InChI=1S/C21H27N3O3/c1-5-7-18(25)23-10-11-24-17-13-15(23)9-6-8-14(17)12-16(20(24)27)19(26)22-21(2,3)4/h6,8-9,12-13,17H,5,7,10-11H2,1-4H3,(H,22,26). The quantitative estimate of drug-likeness (QED) is 0.774. The van der Waals surface area contributed by atoms with E-state index in [1.807, 2.05) is 52.0 Å². The molecule has 3 rings (SSSR count). The van der Waals surface area contributed by atoms with Gasteiger partial charge in [-0.15, -0.1) is 0 Å². The molecule has 2 heterocycles. The zero-order valence-electron chi connectivity index (χ0n) is 16.4. The van der Waals surface area contributed by atoms with E-state index in [1.54, 1.807) is 15.9 Å². The van der Waals surface area contributed by atoms with E-state index < -0.39 is 5.54 Å². The molecule has 1 atom stereocenters. The molecule has 0 spiro atoms. The summed E-state index contributed by atoms with van der Waals surface area (Å²) in [4.78, 5) is 41.7. The van der Waals surface area contributed by atoms with E-state index in [4.69, 9.17) is 0 Å². The molecule has 0 aromatic heterocycles. The van der Waals surface area contributed by atoms with E-state index in [0.717, 1.165) is 17.7 Å². The number of rotatable bonds is 3. The van der Waals surface area contributed by atoms with Crippen molar-refractivity contribution < 1.29 is 14.4 Å². The van der Waals surface area contributed by atoms with Crippen LogP contribution in [0, 0.1) is 0 Å². The third-order valence-electron chi connectivity index (χ3n) is 4.74. The Hall–Kier alpha value is -2.63. The van der Waals surface area contributed by atoms with Gasteiger partial charge in [0.15, 0.2) is 0 Å². The topological polar surface area (TPSA) is 69.7 Å². The van der Waals surface area contributed by atoms with E-state index >= 15 is 0 Å². The minimum atomic E-state index is -0.429. The zero-order chi connectivity index (χ0) is 19.8. The average Bonchev–Trinajstić information content (AvgIpc) is 2.88. The Bertz CT molecular complexity index is 796. The van der Waals surface area contributed by atoms with Crippen LogP contribution in [0.4, 0.5) is 0 Å². The fraction of sp³-hybridized carbons (Fsp3) is 0.476. The number of nitrogens with zero attached hydrogens (tertiary/aromatic N) is 2. The predicted molar refractivity (Wildman–Crippen MR) is 103 cm³/mol. The highest BCUT2D eigenvalue weighted by Crippen LogP contribution is 2.30. The van der Waals surface area contributed by atoms with Crippen LogP contribution in [0.5, 0.6) is 0 Å². The molecule has 144 valence electrons. The largest absolute Gasteiger partial charge is 0.347 e. The molecule has 0 saturated heterocycles. The van der Waals surface area contributed by atoms with Gasteiger partial charge in [-0.2, -0.15) is 0 Å². The molecule has 1 N–H and O–H groups in total. The molecule has 3 aliphatic rings. The van der Waals surface area contributed by atoms with Crippen LogP contribution in [0.2, 0.25) is 0 Å². The van der Waals surface area contributed by atoms with Gasteiger partial charge in [-0.1, -0.05) is 19.1 Å². The lowest BCUT2D eigenvalue weighted by molar-refractivity contribution is -0.134. The molecule has 2 bridgehead atoms. The maximum absolute atomic E-state index is 13.0. The van der Waals surface area contributed by atoms with Gasteiger partial charge in [0, 0.05) is 30.7 Å². The number of hydrogen-bond acceptors (Lipinski definition) is 3. The molecule has 0 aromatic rings. The fourth-order valence-corrected chi connectivity index (χ4v) is 3.53. The molecule has 0 aromatic carbocycles. The van der Waals surface area contributed by atoms with Crippen LogP contribution in [0.15, 0.2) is 47.2 Å². The van der Waals surface area contributed by atoms with Gasteiger partial charge in [0.2, 0.25) is 5.91 Å². The van der Waals surface area contributed by atoms with Crippen molar-refractivity contribution in [3.8, 4) is 0 Å². The molecular formula is C21H27N3O3. The van der Waals surface area contributed by atoms with Crippen molar-refractivity contribution in [2.24, 2.45) is 0 Å². The number of hydrogen-bond donors (Lipinski definition) is 1. The van der Waals surface area contributed by atoms with Crippen molar-refractivity contribution in [2.45, 2.75) is 52.1 Å². The first-order valence-electron chi connectivity index (χ1n) is 9.47. The second kappa shape index (κ2) is 7.18. The third-order valence-corrected chi connectivity index (χ3v) is 4.74. The molecule has 0 radical (unpaired) electrons. The molecule has 0 saturated carbocycles. The number of carbonyl (C=O) groups excluding carboxylic acids is 3. The summed E-state index contributed by atoms with van der Waals surface area (Å²) < 4.78 is 0. The van der Waals surface area contributed by atoms with E-state index in [-0.39, 0.29) is 29.3 Å². The second-order valence-corrected chi connectivity index (χ2v) is 8.12. The van der Waals surface area contributed by atoms with Crippen molar-refractivity contribution in [1.82, 2.24) is 15.1 Å². The first kappa shape index (κ1) is 19.1. The van der Waals surface area contributed by atoms with E-state index in [2.05, 4.69) is 5.32 Å². The maximum Gasteiger partial charge on any atom is 0.260 e. The van der Waals surface area contributed by atoms with Crippen LogP contribution in [-0.2, 0) is 14.4 Å². The van der Waals surface area contributed by atoms with Gasteiger partial charge in [-0.05, 0) is 51.0 Å². The summed E-state index contributed by atoms with van der Waals surface area (Å²) in [5.41, 5.74) is 1.41. The first-order valence-corrected chi connectivity index (χ1v) is 9.47. The smallest absolute Gasteiger partial charge is 0.260 e. The molecular weight excluding hydrogens is 342 g/mol. The molecule has 1 unspecified atom stereocenters. The molecule has 2 aliphatic heterocycles. The third kappa shape index (κ3) is 3.89. The number of nitrogens with one attached hydrogen (secondary N) is 1. The number of allylic oxidation sites excluding steroid dienone is 3. The number of amides is 3. The monoisotopic (exact) mass is 369 g/mol. The average molecular weight is 369 g/mol. The molecule has 6 nitrogen and oxygen atoms in total. The van der Waals surface area contributed by atoms with Gasteiger partial charge in [0.05, 0.1) is 6.04 Å². The van der Waals surface area contributed by atoms with Crippen LogP contribution in [0.25, 0.3) is 0 Å². The minimum Gasteiger partial charge on any atom is -0.347 e. The van der Waals surface area contributed by atoms with Crippen molar-refractivity contribution in [3.63, 3.8) is 0 Å². The molecule has 6 heteroatoms. The summed E-state index contributed by atoms with van der Waals surface area (Å²) in [6, 6.07) is -0.256. The van der Waals surface area contributed by atoms with Gasteiger partial charge in [-0.3, -0.25) is 14.4 Å². The summed E-state index contributed by atoms with van der Waals surface area (Å²) in [5, 5.41) is 2.87. The lowest BCUT2D eigenvalue weighted by Crippen LogP contribution is -2.50. The second-order valence-electron chi connectivity index (χ2n) is 8.12. The van der Waals surface area contributed by atoms with Gasteiger partial charge in [0.25, 0.3) is 11.8 Å². The Morgan fingerprint density at radius 1 is 1.26 bits per heavy atom. The highest BCUT2D eigenvalue weighted by atomic mass is 16.2. The Kier molecular flexibility index (Phi) is 5.09. The van der Waals surface area contributed by atoms with Crippen LogP contribution in [0.3, 0.4) is 0 Å². The van der Waals surface area contributed by atoms with Crippen molar-refractivity contribution in [3.05, 3.63) is 47.2 Å². The summed E-state index contributed by atoms with van der Waals surface area (Å²) in [5.74, 6) is -0.601. The lowest BCUT2D eigenvalue weighted by atomic mass is 9.95. The summed E-state index contributed by atoms with van der Waals surface area (Å²) in [6.45, 7) is 8.45. The maximum atomic E-state index is 13.0. The van der Waals surface area contributed by atoms with Gasteiger partial charge < -0.3 is 15.1 Å². The van der Waals surface area contributed by atoms with Crippen LogP contribution in [0.1, 0.15) is 40.5 Å². The Labute approximate surface area is 160 Å². The number of carbonyl (C=O) groups is 3. The van der Waals surface area contributed by atoms with E-state index in [1.165, 1.54) is 0 Å². The summed E-state index contributed by atoms with van der Waals surface area (Å²) in [7, 11) is 0. The van der Waals surface area contributed by atoms with E-state index in [9.17, 15) is 14.4 Å². The highest BCUT2D eigenvalue weighted by Gasteiger charge is 2.38. The molecule has 1 aliphatic carbocycles. The molecule has 0 fully saturated rings. The van der Waals surface area contributed by atoms with Gasteiger partial charge in [-0.25, -0.2) is 0 Å². The van der Waals surface area contributed by atoms with Crippen molar-refractivity contribution in [2.75, 3.05) is 13.1 Å². The van der Waals surface area contributed by atoms with Gasteiger partial charge in [0.1, 0.15) is 5.57 Å². The van der Waals surface area contributed by atoms with Gasteiger partial charge >= 0.3 is 0 Å². The first-order chi connectivity index (χ1) is 12.7. The molecule has 3 amide bonds. The van der Waals surface area contributed by atoms with E-state index in [0.29, 0.717) is 19.5 Å². The lowest BCUT2D eigenvalue weighted by Gasteiger charge is -2.34. The summed E-state index contributed by atoms with van der Waals surface area (Å²) in [6.07, 6.45) is 10.6. The zero-order valence-corrected chi connectivity index (χ0v) is 16.4. The summed E-state index contributed by atoms with van der Waals surface area (Å²) >= 11 is 0. The fourth-order valence-electron chi connectivity index (χ4n) is 3.53. The Morgan fingerprint density at radius 3 is 2.67 bits per heavy atom.